The molecule has 0 spiro atoms. The SMILES string of the molecule is CN=C(NCCCNC(=O)OC(C)(C)C)NCC1CC(=O)Nc2ccccc21.I. The van der Waals surface area contributed by atoms with Crippen LogP contribution in [0, 0.1) is 0 Å². The summed E-state index contributed by atoms with van der Waals surface area (Å²) < 4.78 is 5.19. The quantitative estimate of drug-likeness (QED) is 0.201. The summed E-state index contributed by atoms with van der Waals surface area (Å²) in [7, 11) is 1.70. The number of carbonyl (C=O) groups excluding carboxylic acids is 2. The molecule has 1 heterocycles. The minimum atomic E-state index is -0.497. The van der Waals surface area contributed by atoms with Crippen LogP contribution in [0.1, 0.15) is 45.1 Å². The summed E-state index contributed by atoms with van der Waals surface area (Å²) in [5.74, 6) is 0.791. The monoisotopic (exact) mass is 517 g/mol. The van der Waals surface area contributed by atoms with Crippen molar-refractivity contribution in [1.29, 1.82) is 0 Å². The fraction of sp³-hybridized carbons (Fsp3) is 0.550. The molecule has 0 radical (unpaired) electrons. The first kappa shape index (κ1) is 25.0. The Bertz CT molecular complexity index is 718. The van der Waals surface area contributed by atoms with Crippen molar-refractivity contribution in [3.8, 4) is 0 Å². The molecule has 29 heavy (non-hydrogen) atoms. The van der Waals surface area contributed by atoms with E-state index in [2.05, 4.69) is 26.3 Å². The van der Waals surface area contributed by atoms with Crippen molar-refractivity contribution in [2.24, 2.45) is 4.99 Å². The van der Waals surface area contributed by atoms with Crippen molar-refractivity contribution in [3.63, 3.8) is 0 Å². The normalized spacial score (nSPS) is 16.1. The number of hydrogen-bond acceptors (Lipinski definition) is 4. The van der Waals surface area contributed by atoms with Crippen LogP contribution < -0.4 is 21.3 Å². The van der Waals surface area contributed by atoms with Gasteiger partial charge in [0.2, 0.25) is 5.91 Å². The molecule has 0 saturated carbocycles. The molecule has 8 nitrogen and oxygen atoms in total. The smallest absolute Gasteiger partial charge is 0.407 e. The number of fused-ring (bicyclic) bond motifs is 1. The lowest BCUT2D eigenvalue weighted by atomic mass is 9.90. The molecule has 0 aliphatic carbocycles. The van der Waals surface area contributed by atoms with Crippen LogP contribution in [-0.4, -0.2) is 50.2 Å². The predicted molar refractivity (Wildman–Crippen MR) is 126 cm³/mol. The number of anilines is 1. The molecule has 1 aromatic rings. The highest BCUT2D eigenvalue weighted by molar-refractivity contribution is 14.0. The number of carbonyl (C=O) groups is 2. The number of nitrogens with one attached hydrogen (secondary N) is 4. The number of alkyl carbamates (subject to hydrolysis) is 1. The fourth-order valence-corrected chi connectivity index (χ4v) is 2.92. The van der Waals surface area contributed by atoms with E-state index >= 15 is 0 Å². The lowest BCUT2D eigenvalue weighted by Crippen LogP contribution is -2.41. The van der Waals surface area contributed by atoms with Gasteiger partial charge in [-0.25, -0.2) is 4.79 Å². The van der Waals surface area contributed by atoms with E-state index in [9.17, 15) is 9.59 Å². The Morgan fingerprint density at radius 1 is 1.21 bits per heavy atom. The average molecular weight is 517 g/mol. The van der Waals surface area contributed by atoms with E-state index in [1.807, 2.05) is 45.0 Å². The second kappa shape index (κ2) is 11.8. The molecule has 0 fully saturated rings. The average Bonchev–Trinajstić information content (AvgIpc) is 2.62. The summed E-state index contributed by atoms with van der Waals surface area (Å²) in [6.07, 6.45) is 0.763. The minimum Gasteiger partial charge on any atom is -0.444 e. The summed E-state index contributed by atoms with van der Waals surface area (Å²) in [6.45, 7) is 7.26. The number of halogens is 1. The summed E-state index contributed by atoms with van der Waals surface area (Å²) in [5.41, 5.74) is 1.51. The van der Waals surface area contributed by atoms with Crippen LogP contribution in [0.5, 0.6) is 0 Å². The molecule has 2 rings (SSSR count). The zero-order valence-electron chi connectivity index (χ0n) is 17.5. The van der Waals surface area contributed by atoms with Gasteiger partial charge in [0.15, 0.2) is 5.96 Å². The van der Waals surface area contributed by atoms with Crippen molar-refractivity contribution in [3.05, 3.63) is 29.8 Å². The number of rotatable bonds is 6. The Labute approximate surface area is 189 Å². The van der Waals surface area contributed by atoms with Crippen LogP contribution in [0.25, 0.3) is 0 Å². The van der Waals surface area contributed by atoms with Crippen LogP contribution in [0.15, 0.2) is 29.3 Å². The Hall–Kier alpha value is -2.04. The molecular weight excluding hydrogens is 485 g/mol. The molecule has 1 aliphatic heterocycles. The number of aliphatic imine (C=N–C) groups is 1. The maximum absolute atomic E-state index is 11.9. The highest BCUT2D eigenvalue weighted by Crippen LogP contribution is 2.31. The first-order valence-electron chi connectivity index (χ1n) is 9.58. The van der Waals surface area contributed by atoms with Gasteiger partial charge in [-0.05, 0) is 38.8 Å². The van der Waals surface area contributed by atoms with E-state index in [-0.39, 0.29) is 35.8 Å². The zero-order valence-corrected chi connectivity index (χ0v) is 19.8. The Morgan fingerprint density at radius 2 is 1.90 bits per heavy atom. The third-order valence-corrected chi connectivity index (χ3v) is 4.16. The number of nitrogens with zero attached hydrogens (tertiary/aromatic N) is 1. The van der Waals surface area contributed by atoms with Crippen molar-refractivity contribution in [1.82, 2.24) is 16.0 Å². The summed E-state index contributed by atoms with van der Waals surface area (Å²) in [5, 5.41) is 12.1. The van der Waals surface area contributed by atoms with E-state index in [1.54, 1.807) is 7.05 Å². The first-order chi connectivity index (χ1) is 13.3. The number of hydrogen-bond donors (Lipinski definition) is 4. The molecule has 1 atom stereocenters. The number of guanidine groups is 1. The Morgan fingerprint density at radius 3 is 2.59 bits per heavy atom. The maximum Gasteiger partial charge on any atom is 0.407 e. The topological polar surface area (TPSA) is 104 Å². The lowest BCUT2D eigenvalue weighted by Gasteiger charge is -2.26. The first-order valence-corrected chi connectivity index (χ1v) is 9.58. The predicted octanol–water partition coefficient (Wildman–Crippen LogP) is 2.81. The molecule has 2 amide bonds. The number of benzene rings is 1. The summed E-state index contributed by atoms with van der Waals surface area (Å²) in [4.78, 5) is 27.7. The molecule has 0 bridgehead atoms. The third-order valence-electron chi connectivity index (χ3n) is 4.16. The maximum atomic E-state index is 11.9. The van der Waals surface area contributed by atoms with Crippen LogP contribution in [0.2, 0.25) is 0 Å². The molecule has 1 aliphatic rings. The molecule has 1 aromatic carbocycles. The lowest BCUT2D eigenvalue weighted by molar-refractivity contribution is -0.116. The standard InChI is InChI=1S/C20H31N5O3.HI/c1-20(2,3)28-19(27)23-11-7-10-22-18(21-4)24-13-14-12-17(26)25-16-9-6-5-8-15(14)16;/h5-6,8-9,14H,7,10-13H2,1-4H3,(H,23,27)(H,25,26)(H2,21,22,24);1H. The molecule has 9 heteroatoms. The molecule has 0 aromatic heterocycles. The Balaban J connectivity index is 0.00000420. The van der Waals surface area contributed by atoms with Crippen LogP contribution in [0.3, 0.4) is 0 Å². The highest BCUT2D eigenvalue weighted by Gasteiger charge is 2.24. The van der Waals surface area contributed by atoms with Crippen molar-refractivity contribution in [2.75, 3.05) is 32.0 Å². The number of ether oxygens (including phenoxy) is 1. The van der Waals surface area contributed by atoms with Crippen molar-refractivity contribution >= 4 is 47.6 Å². The number of para-hydroxylation sites is 1. The van der Waals surface area contributed by atoms with E-state index < -0.39 is 11.7 Å². The van der Waals surface area contributed by atoms with Gasteiger partial charge in [0.1, 0.15) is 5.60 Å². The van der Waals surface area contributed by atoms with Gasteiger partial charge in [0.05, 0.1) is 0 Å². The van der Waals surface area contributed by atoms with Gasteiger partial charge in [0.25, 0.3) is 0 Å². The van der Waals surface area contributed by atoms with Gasteiger partial charge in [-0.2, -0.15) is 0 Å². The van der Waals surface area contributed by atoms with Crippen molar-refractivity contribution in [2.45, 2.75) is 45.1 Å². The van der Waals surface area contributed by atoms with Gasteiger partial charge in [0, 0.05) is 44.7 Å². The zero-order chi connectivity index (χ0) is 20.6. The molecule has 0 saturated heterocycles. The van der Waals surface area contributed by atoms with E-state index in [1.165, 1.54) is 0 Å². The fourth-order valence-electron chi connectivity index (χ4n) is 2.92. The molecule has 162 valence electrons. The highest BCUT2D eigenvalue weighted by atomic mass is 127. The number of amides is 2. The van der Waals surface area contributed by atoms with Crippen LogP contribution >= 0.6 is 24.0 Å². The van der Waals surface area contributed by atoms with Crippen LogP contribution in [-0.2, 0) is 9.53 Å². The largest absolute Gasteiger partial charge is 0.444 e. The van der Waals surface area contributed by atoms with E-state index in [0.29, 0.717) is 32.0 Å². The molecule has 4 N–H and O–H groups in total. The van der Waals surface area contributed by atoms with Gasteiger partial charge in [-0.15, -0.1) is 24.0 Å². The van der Waals surface area contributed by atoms with Gasteiger partial charge >= 0.3 is 6.09 Å². The van der Waals surface area contributed by atoms with Gasteiger partial charge < -0.3 is 26.0 Å². The second-order valence-corrected chi connectivity index (χ2v) is 7.70. The summed E-state index contributed by atoms with van der Waals surface area (Å²) in [6, 6.07) is 7.86. The molecule has 1 unspecified atom stereocenters. The van der Waals surface area contributed by atoms with E-state index in [0.717, 1.165) is 17.7 Å². The van der Waals surface area contributed by atoms with Gasteiger partial charge in [-0.3, -0.25) is 9.79 Å². The minimum absolute atomic E-state index is 0. The van der Waals surface area contributed by atoms with Crippen molar-refractivity contribution < 1.29 is 14.3 Å². The Kier molecular flexibility index (Phi) is 10.2. The van der Waals surface area contributed by atoms with Gasteiger partial charge in [-0.1, -0.05) is 18.2 Å². The van der Waals surface area contributed by atoms with Crippen LogP contribution in [0.4, 0.5) is 10.5 Å². The molecular formula is C20H32IN5O3. The van der Waals surface area contributed by atoms with E-state index in [4.69, 9.17) is 4.74 Å². The second-order valence-electron chi connectivity index (χ2n) is 7.70. The third kappa shape index (κ3) is 8.88. The summed E-state index contributed by atoms with van der Waals surface area (Å²) >= 11 is 0.